The van der Waals surface area contributed by atoms with Gasteiger partial charge in [0.1, 0.15) is 0 Å². The average Bonchev–Trinajstić information content (AvgIpc) is 2.54. The minimum Gasteiger partial charge on any atom is -0.449 e. The molecule has 0 spiro atoms. The zero-order chi connectivity index (χ0) is 18.6. The van der Waals surface area contributed by atoms with Gasteiger partial charge in [-0.3, -0.25) is 14.9 Å². The minimum atomic E-state index is -1.11. The lowest BCUT2D eigenvalue weighted by Gasteiger charge is -2.14. The number of ether oxygens (including phenoxy) is 1. The van der Waals surface area contributed by atoms with Crippen LogP contribution in [0.5, 0.6) is 0 Å². The van der Waals surface area contributed by atoms with Crippen LogP contribution in [0.1, 0.15) is 17.3 Å². The van der Waals surface area contributed by atoms with Crippen LogP contribution in [0, 0.1) is 10.1 Å². The predicted octanol–water partition coefficient (Wildman–Crippen LogP) is 4.09. The zero-order valence-electron chi connectivity index (χ0n) is 12.9. The van der Waals surface area contributed by atoms with Gasteiger partial charge in [-0.2, -0.15) is 0 Å². The summed E-state index contributed by atoms with van der Waals surface area (Å²) >= 11 is 11.7. The smallest absolute Gasteiger partial charge is 0.340 e. The van der Waals surface area contributed by atoms with Gasteiger partial charge >= 0.3 is 5.97 Å². The SMILES string of the molecule is C[C@H](OC(=O)c1ccc([N+](=O)[O-])cc1Cl)C(=O)Nc1cccc(Cl)c1. The normalized spacial score (nSPS) is 11.5. The largest absolute Gasteiger partial charge is 0.449 e. The maximum atomic E-state index is 12.1. The van der Waals surface area contributed by atoms with E-state index in [0.717, 1.165) is 12.1 Å². The zero-order valence-corrected chi connectivity index (χ0v) is 14.4. The van der Waals surface area contributed by atoms with Crippen LogP contribution in [0.3, 0.4) is 0 Å². The molecule has 130 valence electrons. The van der Waals surface area contributed by atoms with Crippen molar-refractivity contribution in [2.24, 2.45) is 0 Å². The number of hydrogen-bond donors (Lipinski definition) is 1. The van der Waals surface area contributed by atoms with Crippen LogP contribution in [-0.2, 0) is 9.53 Å². The number of halogens is 2. The Kier molecular flexibility index (Phi) is 5.95. The van der Waals surface area contributed by atoms with E-state index in [0.29, 0.717) is 10.7 Å². The molecule has 0 aromatic heterocycles. The molecule has 0 aliphatic carbocycles. The molecule has 0 aliphatic heterocycles. The summed E-state index contributed by atoms with van der Waals surface area (Å²) in [5.41, 5.74) is 0.122. The number of nitro groups is 1. The lowest BCUT2D eigenvalue weighted by Crippen LogP contribution is -2.30. The number of hydrogen-bond acceptors (Lipinski definition) is 5. The maximum absolute atomic E-state index is 12.1. The van der Waals surface area contributed by atoms with Crippen LogP contribution in [0.25, 0.3) is 0 Å². The van der Waals surface area contributed by atoms with Crippen molar-refractivity contribution in [2.45, 2.75) is 13.0 Å². The van der Waals surface area contributed by atoms with Gasteiger partial charge in [-0.05, 0) is 31.2 Å². The fourth-order valence-corrected chi connectivity index (χ4v) is 2.31. The van der Waals surface area contributed by atoms with Gasteiger partial charge in [0, 0.05) is 22.8 Å². The molecule has 25 heavy (non-hydrogen) atoms. The number of rotatable bonds is 5. The molecule has 0 radical (unpaired) electrons. The van der Waals surface area contributed by atoms with Crippen molar-refractivity contribution in [3.63, 3.8) is 0 Å². The van der Waals surface area contributed by atoms with Crippen LogP contribution >= 0.6 is 23.2 Å². The lowest BCUT2D eigenvalue weighted by molar-refractivity contribution is -0.384. The first-order valence-electron chi connectivity index (χ1n) is 6.99. The number of esters is 1. The number of amides is 1. The summed E-state index contributed by atoms with van der Waals surface area (Å²) in [6.45, 7) is 1.39. The molecule has 2 aromatic carbocycles. The third kappa shape index (κ3) is 4.91. The molecule has 0 fully saturated rings. The fraction of sp³-hybridized carbons (Fsp3) is 0.125. The third-order valence-electron chi connectivity index (χ3n) is 3.13. The first-order valence-corrected chi connectivity index (χ1v) is 7.75. The summed E-state index contributed by atoms with van der Waals surface area (Å²) in [4.78, 5) is 34.2. The van der Waals surface area contributed by atoms with Crippen molar-refractivity contribution in [1.29, 1.82) is 0 Å². The third-order valence-corrected chi connectivity index (χ3v) is 3.68. The molecule has 9 heteroatoms. The number of nitrogens with one attached hydrogen (secondary N) is 1. The number of anilines is 1. The minimum absolute atomic E-state index is 0.0744. The summed E-state index contributed by atoms with van der Waals surface area (Å²) in [6, 6.07) is 9.81. The molecule has 1 N–H and O–H groups in total. The number of carbonyl (C=O) groups excluding carboxylic acids is 2. The molecule has 1 amide bonds. The van der Waals surface area contributed by atoms with Gasteiger partial charge in [-0.15, -0.1) is 0 Å². The summed E-state index contributed by atoms with van der Waals surface area (Å²) in [5.74, 6) is -1.43. The van der Waals surface area contributed by atoms with Gasteiger partial charge in [0.2, 0.25) is 0 Å². The van der Waals surface area contributed by atoms with Gasteiger partial charge in [-0.1, -0.05) is 29.3 Å². The second-order valence-electron chi connectivity index (χ2n) is 4.97. The molecule has 0 saturated heterocycles. The molecule has 0 aliphatic rings. The van der Waals surface area contributed by atoms with Crippen molar-refractivity contribution in [1.82, 2.24) is 0 Å². The van der Waals surface area contributed by atoms with E-state index in [1.54, 1.807) is 24.3 Å². The number of nitro benzene ring substituents is 1. The number of carbonyl (C=O) groups is 2. The van der Waals surface area contributed by atoms with Gasteiger partial charge in [0.25, 0.3) is 11.6 Å². The molecule has 7 nitrogen and oxygen atoms in total. The highest BCUT2D eigenvalue weighted by molar-refractivity contribution is 6.33. The number of non-ortho nitro benzene ring substituents is 1. The van der Waals surface area contributed by atoms with Crippen molar-refractivity contribution < 1.29 is 19.2 Å². The van der Waals surface area contributed by atoms with E-state index in [-0.39, 0.29) is 16.3 Å². The standard InChI is InChI=1S/C16H12Cl2N2O5/c1-9(15(21)19-11-4-2-3-10(17)7-11)25-16(22)13-6-5-12(20(23)24)8-14(13)18/h2-9H,1H3,(H,19,21)/t9-/m0/s1. The predicted molar refractivity (Wildman–Crippen MR) is 93.1 cm³/mol. The summed E-state index contributed by atoms with van der Waals surface area (Å²) in [7, 11) is 0. The first-order chi connectivity index (χ1) is 11.8. The van der Waals surface area contributed by atoms with Crippen LogP contribution in [-0.4, -0.2) is 22.9 Å². The average molecular weight is 383 g/mol. The summed E-state index contributed by atoms with van der Waals surface area (Å²) in [5, 5.41) is 13.5. The molecule has 0 unspecified atom stereocenters. The Morgan fingerprint density at radius 2 is 1.92 bits per heavy atom. The summed E-state index contributed by atoms with van der Waals surface area (Å²) < 4.78 is 5.04. The molecule has 0 saturated carbocycles. The van der Waals surface area contributed by atoms with Crippen molar-refractivity contribution >= 4 is 46.5 Å². The highest BCUT2D eigenvalue weighted by Crippen LogP contribution is 2.23. The molecular formula is C16H12Cl2N2O5. The Morgan fingerprint density at radius 1 is 1.20 bits per heavy atom. The maximum Gasteiger partial charge on any atom is 0.340 e. The van der Waals surface area contributed by atoms with E-state index >= 15 is 0 Å². The van der Waals surface area contributed by atoms with Gasteiger partial charge in [0.05, 0.1) is 15.5 Å². The van der Waals surface area contributed by atoms with Gasteiger partial charge in [0.15, 0.2) is 6.10 Å². The Hall–Kier alpha value is -2.64. The highest BCUT2D eigenvalue weighted by Gasteiger charge is 2.22. The lowest BCUT2D eigenvalue weighted by atomic mass is 10.2. The molecule has 0 bridgehead atoms. The van der Waals surface area contributed by atoms with E-state index < -0.39 is 22.9 Å². The second-order valence-corrected chi connectivity index (χ2v) is 5.81. The molecule has 1 atom stereocenters. The Morgan fingerprint density at radius 3 is 2.52 bits per heavy atom. The molecule has 2 aromatic rings. The topological polar surface area (TPSA) is 98.5 Å². The van der Waals surface area contributed by atoms with Crippen LogP contribution < -0.4 is 5.32 Å². The molecule has 0 heterocycles. The van der Waals surface area contributed by atoms with E-state index in [1.807, 2.05) is 0 Å². The number of nitrogens with zero attached hydrogens (tertiary/aromatic N) is 1. The number of benzene rings is 2. The summed E-state index contributed by atoms with van der Waals surface area (Å²) in [6.07, 6.45) is -1.11. The Bertz CT molecular complexity index is 841. The van der Waals surface area contributed by atoms with Crippen LogP contribution in [0.15, 0.2) is 42.5 Å². The van der Waals surface area contributed by atoms with E-state index in [2.05, 4.69) is 5.32 Å². The van der Waals surface area contributed by atoms with Crippen LogP contribution in [0.2, 0.25) is 10.0 Å². The Labute approximate surface area is 152 Å². The molecular weight excluding hydrogens is 371 g/mol. The van der Waals surface area contributed by atoms with Gasteiger partial charge in [-0.25, -0.2) is 4.79 Å². The van der Waals surface area contributed by atoms with Crippen molar-refractivity contribution in [3.8, 4) is 0 Å². The van der Waals surface area contributed by atoms with Crippen molar-refractivity contribution in [2.75, 3.05) is 5.32 Å². The fourth-order valence-electron chi connectivity index (χ4n) is 1.87. The van der Waals surface area contributed by atoms with Crippen molar-refractivity contribution in [3.05, 3.63) is 68.2 Å². The quantitative estimate of drug-likeness (QED) is 0.477. The van der Waals surface area contributed by atoms with Gasteiger partial charge < -0.3 is 10.1 Å². The Balaban J connectivity index is 2.04. The second kappa shape index (κ2) is 7.96. The van der Waals surface area contributed by atoms with E-state index in [4.69, 9.17) is 27.9 Å². The van der Waals surface area contributed by atoms with Crippen LogP contribution in [0.4, 0.5) is 11.4 Å². The van der Waals surface area contributed by atoms with E-state index in [9.17, 15) is 19.7 Å². The van der Waals surface area contributed by atoms with E-state index in [1.165, 1.54) is 13.0 Å². The molecule has 2 rings (SSSR count). The highest BCUT2D eigenvalue weighted by atomic mass is 35.5. The first kappa shape index (κ1) is 18.7. The monoisotopic (exact) mass is 382 g/mol.